The summed E-state index contributed by atoms with van der Waals surface area (Å²) in [5.41, 5.74) is 0.677. The lowest BCUT2D eigenvalue weighted by Crippen LogP contribution is -2.16. The first-order valence-corrected chi connectivity index (χ1v) is 5.23. The van der Waals surface area contributed by atoms with Gasteiger partial charge in [-0.25, -0.2) is 0 Å². The van der Waals surface area contributed by atoms with Crippen molar-refractivity contribution in [2.75, 3.05) is 5.32 Å². The normalized spacial score (nSPS) is 11.6. The molecule has 2 N–H and O–H groups in total. The van der Waals surface area contributed by atoms with Gasteiger partial charge in [0.15, 0.2) is 0 Å². The minimum Gasteiger partial charge on any atom is -0.490 e. The van der Waals surface area contributed by atoms with Gasteiger partial charge in [0.1, 0.15) is 11.9 Å². The molecule has 92 valence electrons. The molecule has 17 heavy (non-hydrogen) atoms. The minimum absolute atomic E-state index is 0.0482. The zero-order chi connectivity index (χ0) is 12.8. The Bertz CT molecular complexity index is 399. The second kappa shape index (κ2) is 5.89. The topological polar surface area (TPSA) is 75.6 Å². The minimum atomic E-state index is -0.896. The molecule has 0 aliphatic carbocycles. The number of ether oxygens (including phenoxy) is 1. The molecule has 0 aromatic heterocycles. The standard InChI is InChI=1S/C12H15NO4/c1-8(7-12(15)16)17-11-5-3-10(4-6-11)13-9(2)14/h3-6,8H,7H2,1-2H3,(H,13,14)(H,15,16)/t8-/m1/s1. The van der Waals surface area contributed by atoms with Gasteiger partial charge in [0.05, 0.1) is 6.42 Å². The highest BCUT2D eigenvalue weighted by atomic mass is 16.5. The fourth-order valence-electron chi connectivity index (χ4n) is 1.34. The molecule has 1 aromatic rings. The molecule has 5 nitrogen and oxygen atoms in total. The zero-order valence-corrected chi connectivity index (χ0v) is 9.77. The number of rotatable bonds is 5. The summed E-state index contributed by atoms with van der Waals surface area (Å²) < 4.78 is 5.39. The van der Waals surface area contributed by atoms with Crippen LogP contribution < -0.4 is 10.1 Å². The number of aliphatic carboxylic acids is 1. The number of nitrogens with one attached hydrogen (secondary N) is 1. The molecule has 5 heteroatoms. The number of anilines is 1. The maximum Gasteiger partial charge on any atom is 0.307 e. The molecule has 0 heterocycles. The predicted molar refractivity (Wildman–Crippen MR) is 63.1 cm³/mol. The number of amides is 1. The summed E-state index contributed by atoms with van der Waals surface area (Å²) in [7, 11) is 0. The Morgan fingerprint density at radius 1 is 1.35 bits per heavy atom. The number of carboxylic acids is 1. The maximum absolute atomic E-state index is 10.8. The predicted octanol–water partition coefficient (Wildman–Crippen LogP) is 1.89. The Hall–Kier alpha value is -2.04. The van der Waals surface area contributed by atoms with Crippen molar-refractivity contribution in [3.63, 3.8) is 0 Å². The maximum atomic E-state index is 10.8. The molecule has 0 radical (unpaired) electrons. The van der Waals surface area contributed by atoms with Gasteiger partial charge in [0.25, 0.3) is 0 Å². The molecule has 1 atom stereocenters. The van der Waals surface area contributed by atoms with E-state index in [0.29, 0.717) is 11.4 Å². The zero-order valence-electron chi connectivity index (χ0n) is 9.77. The van der Waals surface area contributed by atoms with E-state index in [-0.39, 0.29) is 18.4 Å². The first kappa shape index (κ1) is 13.0. The SMILES string of the molecule is CC(=O)Nc1ccc(O[C@H](C)CC(=O)O)cc1. The molecule has 1 aromatic carbocycles. The summed E-state index contributed by atoms with van der Waals surface area (Å²) in [6, 6.07) is 6.77. The second-order valence-corrected chi connectivity index (χ2v) is 3.73. The van der Waals surface area contributed by atoms with E-state index < -0.39 is 5.97 Å². The Kier molecular flexibility index (Phi) is 4.51. The van der Waals surface area contributed by atoms with E-state index in [0.717, 1.165) is 0 Å². The molecular formula is C12H15NO4. The number of benzene rings is 1. The Labute approximate surface area is 99.4 Å². The largest absolute Gasteiger partial charge is 0.490 e. The van der Waals surface area contributed by atoms with E-state index in [2.05, 4.69) is 5.32 Å². The highest BCUT2D eigenvalue weighted by molar-refractivity contribution is 5.88. The smallest absolute Gasteiger partial charge is 0.307 e. The van der Waals surface area contributed by atoms with Crippen molar-refractivity contribution in [3.05, 3.63) is 24.3 Å². The van der Waals surface area contributed by atoms with Crippen molar-refractivity contribution < 1.29 is 19.4 Å². The number of hydrogen-bond acceptors (Lipinski definition) is 3. The van der Waals surface area contributed by atoms with Gasteiger partial charge >= 0.3 is 5.97 Å². The van der Waals surface area contributed by atoms with Gasteiger partial charge in [0.2, 0.25) is 5.91 Å². The van der Waals surface area contributed by atoms with Gasteiger partial charge in [-0.15, -0.1) is 0 Å². The van der Waals surface area contributed by atoms with Crippen molar-refractivity contribution in [2.24, 2.45) is 0 Å². The number of carboxylic acid groups (broad SMARTS) is 1. The molecule has 0 aliphatic rings. The lowest BCUT2D eigenvalue weighted by molar-refractivity contribution is -0.138. The van der Waals surface area contributed by atoms with Gasteiger partial charge < -0.3 is 15.2 Å². The average molecular weight is 237 g/mol. The van der Waals surface area contributed by atoms with Crippen molar-refractivity contribution >= 4 is 17.6 Å². The van der Waals surface area contributed by atoms with Crippen LogP contribution in [0.1, 0.15) is 20.3 Å². The van der Waals surface area contributed by atoms with Gasteiger partial charge in [-0.2, -0.15) is 0 Å². The molecule has 0 fully saturated rings. The van der Waals surface area contributed by atoms with Crippen molar-refractivity contribution in [1.82, 2.24) is 0 Å². The summed E-state index contributed by atoms with van der Waals surface area (Å²) in [5, 5.41) is 11.2. The highest BCUT2D eigenvalue weighted by Crippen LogP contribution is 2.17. The number of carbonyl (C=O) groups is 2. The van der Waals surface area contributed by atoms with Crippen LogP contribution in [0.3, 0.4) is 0 Å². The van der Waals surface area contributed by atoms with E-state index in [1.54, 1.807) is 31.2 Å². The second-order valence-electron chi connectivity index (χ2n) is 3.73. The van der Waals surface area contributed by atoms with Crippen molar-refractivity contribution in [2.45, 2.75) is 26.4 Å². The Balaban J connectivity index is 2.56. The monoisotopic (exact) mass is 237 g/mol. The Morgan fingerprint density at radius 2 is 1.94 bits per heavy atom. The van der Waals surface area contributed by atoms with Crippen molar-refractivity contribution in [3.8, 4) is 5.75 Å². The third-order valence-corrected chi connectivity index (χ3v) is 1.97. The van der Waals surface area contributed by atoms with Crippen LogP contribution in [0.15, 0.2) is 24.3 Å². The van der Waals surface area contributed by atoms with Crippen LogP contribution in [0.5, 0.6) is 5.75 Å². The van der Waals surface area contributed by atoms with Gasteiger partial charge in [-0.05, 0) is 31.2 Å². The van der Waals surface area contributed by atoms with Crippen molar-refractivity contribution in [1.29, 1.82) is 0 Å². The first-order valence-electron chi connectivity index (χ1n) is 5.23. The fourth-order valence-corrected chi connectivity index (χ4v) is 1.34. The Morgan fingerprint density at radius 3 is 2.41 bits per heavy atom. The average Bonchev–Trinajstić information content (AvgIpc) is 2.18. The van der Waals surface area contributed by atoms with E-state index in [4.69, 9.17) is 9.84 Å². The van der Waals surface area contributed by atoms with Crippen LogP contribution >= 0.6 is 0 Å². The molecule has 0 saturated carbocycles. The summed E-state index contributed by atoms with van der Waals surface area (Å²) in [6.07, 6.45) is -0.438. The molecule has 0 saturated heterocycles. The number of hydrogen-bond donors (Lipinski definition) is 2. The lowest BCUT2D eigenvalue weighted by atomic mass is 10.2. The summed E-state index contributed by atoms with van der Waals surface area (Å²) in [5.74, 6) is -0.460. The third kappa shape index (κ3) is 5.01. The fraction of sp³-hybridized carbons (Fsp3) is 0.333. The highest BCUT2D eigenvalue weighted by Gasteiger charge is 2.08. The van der Waals surface area contributed by atoms with E-state index in [1.807, 2.05) is 0 Å². The van der Waals surface area contributed by atoms with E-state index >= 15 is 0 Å². The van der Waals surface area contributed by atoms with Crippen LogP contribution in [0.2, 0.25) is 0 Å². The van der Waals surface area contributed by atoms with Crippen LogP contribution in [-0.4, -0.2) is 23.1 Å². The van der Waals surface area contributed by atoms with Crippen LogP contribution in [-0.2, 0) is 9.59 Å². The quantitative estimate of drug-likeness (QED) is 0.819. The number of carbonyl (C=O) groups excluding carboxylic acids is 1. The summed E-state index contributed by atoms with van der Waals surface area (Å²) in [6.45, 7) is 3.12. The summed E-state index contributed by atoms with van der Waals surface area (Å²) >= 11 is 0. The third-order valence-electron chi connectivity index (χ3n) is 1.97. The molecule has 1 amide bonds. The van der Waals surface area contributed by atoms with Gasteiger partial charge in [-0.3, -0.25) is 9.59 Å². The molecule has 0 aliphatic heterocycles. The van der Waals surface area contributed by atoms with E-state index in [9.17, 15) is 9.59 Å². The van der Waals surface area contributed by atoms with Crippen LogP contribution in [0.4, 0.5) is 5.69 Å². The van der Waals surface area contributed by atoms with Crippen LogP contribution in [0.25, 0.3) is 0 Å². The van der Waals surface area contributed by atoms with Crippen LogP contribution in [0, 0.1) is 0 Å². The molecule has 1 rings (SSSR count). The molecule has 0 bridgehead atoms. The van der Waals surface area contributed by atoms with Gasteiger partial charge in [-0.1, -0.05) is 0 Å². The molecular weight excluding hydrogens is 222 g/mol. The van der Waals surface area contributed by atoms with E-state index in [1.165, 1.54) is 6.92 Å². The lowest BCUT2D eigenvalue weighted by Gasteiger charge is -2.12. The molecule has 0 spiro atoms. The molecule has 0 unspecified atom stereocenters. The first-order chi connectivity index (χ1) is 7.97. The van der Waals surface area contributed by atoms with Gasteiger partial charge in [0, 0.05) is 12.6 Å². The summed E-state index contributed by atoms with van der Waals surface area (Å²) in [4.78, 5) is 21.2.